The molecule has 0 radical (unpaired) electrons. The molecular formula is C21H26Cl4N4O2S. The Morgan fingerprint density at radius 3 is 2.22 bits per heavy atom. The van der Waals surface area contributed by atoms with Gasteiger partial charge in [0.15, 0.2) is 0 Å². The van der Waals surface area contributed by atoms with Crippen LogP contribution in [0.5, 0.6) is 0 Å². The summed E-state index contributed by atoms with van der Waals surface area (Å²) in [7, 11) is 1.31. The number of benzene rings is 2. The summed E-state index contributed by atoms with van der Waals surface area (Å²) in [6.07, 6.45) is -0.548. The number of carbonyl (C=O) groups is 1. The number of alkyl halides is 3. The number of methoxy groups -OCH3 is 1. The summed E-state index contributed by atoms with van der Waals surface area (Å²) in [6, 6.07) is 16.1. The van der Waals surface area contributed by atoms with Gasteiger partial charge in [-0.2, -0.15) is 0 Å². The Hall–Kier alpha value is -1.35. The second-order valence-corrected chi connectivity index (χ2v) is 8.49. The van der Waals surface area contributed by atoms with Crippen LogP contribution in [0.2, 0.25) is 0 Å². The molecule has 1 heterocycles. The molecule has 0 saturated carbocycles. The lowest BCUT2D eigenvalue weighted by Crippen LogP contribution is -2.29. The van der Waals surface area contributed by atoms with E-state index >= 15 is 0 Å². The molecule has 0 fully saturated rings. The first-order valence-corrected chi connectivity index (χ1v) is 12.0. The fraction of sp³-hybridized carbons (Fsp3) is 0.333. The quantitative estimate of drug-likeness (QED) is 0.311. The molecule has 0 unspecified atom stereocenters. The predicted molar refractivity (Wildman–Crippen MR) is 139 cm³/mol. The summed E-state index contributed by atoms with van der Waals surface area (Å²) >= 11 is 18.3. The summed E-state index contributed by atoms with van der Waals surface area (Å²) in [6.45, 7) is 2.63. The van der Waals surface area contributed by atoms with E-state index in [1.165, 1.54) is 12.0 Å². The number of carbonyl (C=O) groups excluding carboxylic acids is 1. The Bertz CT molecular complexity index is 916. The van der Waals surface area contributed by atoms with Gasteiger partial charge in [-0.3, -0.25) is 10.2 Å². The van der Waals surface area contributed by atoms with Crippen LogP contribution in [0, 0.1) is 0 Å². The molecule has 0 aliphatic rings. The highest BCUT2D eigenvalue weighted by Crippen LogP contribution is 2.29. The van der Waals surface area contributed by atoms with E-state index in [0.29, 0.717) is 23.6 Å². The van der Waals surface area contributed by atoms with E-state index in [9.17, 15) is 4.79 Å². The fourth-order valence-electron chi connectivity index (χ4n) is 2.58. The van der Waals surface area contributed by atoms with E-state index in [2.05, 4.69) is 37.1 Å². The van der Waals surface area contributed by atoms with Gasteiger partial charge in [0.25, 0.3) is 0 Å². The lowest BCUT2D eigenvalue weighted by atomic mass is 10.3. The maximum absolute atomic E-state index is 11.2. The van der Waals surface area contributed by atoms with Gasteiger partial charge in [-0.15, -0.1) is 47.2 Å². The average molecular weight is 540 g/mol. The van der Waals surface area contributed by atoms with Gasteiger partial charge < -0.3 is 9.72 Å². The van der Waals surface area contributed by atoms with E-state index < -0.39 is 6.09 Å². The van der Waals surface area contributed by atoms with E-state index in [1.54, 1.807) is 11.8 Å². The van der Waals surface area contributed by atoms with Gasteiger partial charge in [-0.25, -0.2) is 9.78 Å². The molecule has 11 heteroatoms. The predicted octanol–water partition coefficient (Wildman–Crippen LogP) is 6.32. The number of rotatable bonds is 9. The number of hydrogen-bond donors (Lipinski definition) is 2. The first kappa shape index (κ1) is 28.7. The van der Waals surface area contributed by atoms with Crippen molar-refractivity contribution in [1.82, 2.24) is 14.9 Å². The van der Waals surface area contributed by atoms with Crippen LogP contribution in [0.1, 0.15) is 0 Å². The van der Waals surface area contributed by atoms with Crippen molar-refractivity contribution in [2.75, 3.05) is 49.7 Å². The first-order valence-electron chi connectivity index (χ1n) is 9.57. The van der Waals surface area contributed by atoms with Crippen LogP contribution in [-0.4, -0.2) is 65.3 Å². The number of fused-ring (bicyclic) bond motifs is 1. The number of imidazole rings is 1. The van der Waals surface area contributed by atoms with E-state index in [4.69, 9.17) is 34.8 Å². The van der Waals surface area contributed by atoms with Crippen molar-refractivity contribution in [3.63, 3.8) is 0 Å². The van der Waals surface area contributed by atoms with Crippen LogP contribution in [-0.2, 0) is 4.74 Å². The summed E-state index contributed by atoms with van der Waals surface area (Å²) in [5.74, 6) is 2.31. The lowest BCUT2D eigenvalue weighted by molar-refractivity contribution is 0.186. The highest BCUT2D eigenvalue weighted by atomic mass is 35.5. The summed E-state index contributed by atoms with van der Waals surface area (Å²) in [5.41, 5.74) is 1.65. The van der Waals surface area contributed by atoms with Crippen molar-refractivity contribution in [3.8, 4) is 0 Å². The third-order valence-corrected chi connectivity index (χ3v) is 5.54. The van der Waals surface area contributed by atoms with Crippen molar-refractivity contribution in [1.29, 1.82) is 0 Å². The van der Waals surface area contributed by atoms with Crippen molar-refractivity contribution >= 4 is 82.0 Å². The minimum atomic E-state index is -0.548. The fourth-order valence-corrected chi connectivity index (χ4v) is 4.17. The normalized spacial score (nSPS) is 10.3. The van der Waals surface area contributed by atoms with Gasteiger partial charge in [-0.1, -0.05) is 30.0 Å². The molecule has 6 nitrogen and oxygen atoms in total. The average Bonchev–Trinajstić information content (AvgIpc) is 3.17. The number of nitrogens with one attached hydrogen (secondary N) is 2. The molecule has 3 aromatic rings. The van der Waals surface area contributed by atoms with Crippen LogP contribution < -0.4 is 5.32 Å². The summed E-state index contributed by atoms with van der Waals surface area (Å²) < 4.78 is 4.54. The third-order valence-electron chi connectivity index (χ3n) is 4.04. The second kappa shape index (κ2) is 16.3. The van der Waals surface area contributed by atoms with Crippen LogP contribution in [0.15, 0.2) is 58.3 Å². The Morgan fingerprint density at radius 2 is 1.66 bits per heavy atom. The third kappa shape index (κ3) is 10.1. The summed E-state index contributed by atoms with van der Waals surface area (Å²) in [4.78, 5) is 22.9. The monoisotopic (exact) mass is 538 g/mol. The molecule has 1 amide bonds. The number of ether oxygens (including phenoxy) is 1. The number of halogens is 4. The number of amides is 1. The highest BCUT2D eigenvalue weighted by Gasteiger charge is 2.07. The SMILES string of the molecule is COC(=O)Nc1nc2ccc(Sc3ccccc3)cc2[nH]1.Cl.ClCCN(CCCl)CCCl. The number of hydrogen-bond acceptors (Lipinski definition) is 5. The zero-order valence-corrected chi connectivity index (χ0v) is 21.4. The molecular weight excluding hydrogens is 514 g/mol. The lowest BCUT2D eigenvalue weighted by Gasteiger charge is -2.17. The van der Waals surface area contributed by atoms with Crippen LogP contribution in [0.25, 0.3) is 11.0 Å². The Balaban J connectivity index is 0.000000400. The Kier molecular flexibility index (Phi) is 14.6. The smallest absolute Gasteiger partial charge is 0.413 e. The Morgan fingerprint density at radius 1 is 1.03 bits per heavy atom. The van der Waals surface area contributed by atoms with Crippen LogP contribution in [0.3, 0.4) is 0 Å². The second-order valence-electron chi connectivity index (χ2n) is 6.20. The minimum Gasteiger partial charge on any atom is -0.453 e. The molecule has 0 saturated heterocycles. The molecule has 0 aliphatic carbocycles. The maximum Gasteiger partial charge on any atom is 0.413 e. The Labute approximate surface area is 213 Å². The molecule has 0 aliphatic heterocycles. The number of nitrogens with zero attached hydrogens (tertiary/aromatic N) is 2. The zero-order chi connectivity index (χ0) is 22.5. The molecule has 0 spiro atoms. The first-order chi connectivity index (χ1) is 15.1. The maximum atomic E-state index is 11.2. The topological polar surface area (TPSA) is 70.2 Å². The molecule has 2 N–H and O–H groups in total. The molecule has 3 rings (SSSR count). The van der Waals surface area contributed by atoms with Gasteiger partial charge in [0, 0.05) is 47.1 Å². The zero-order valence-electron chi connectivity index (χ0n) is 17.5. The van der Waals surface area contributed by atoms with E-state index in [0.717, 1.165) is 35.6 Å². The van der Waals surface area contributed by atoms with E-state index in [-0.39, 0.29) is 12.4 Å². The number of aromatic amines is 1. The van der Waals surface area contributed by atoms with E-state index in [1.807, 2.05) is 36.4 Å². The number of aromatic nitrogens is 2. The van der Waals surface area contributed by atoms with Crippen molar-refractivity contribution in [2.24, 2.45) is 0 Å². The van der Waals surface area contributed by atoms with Gasteiger partial charge in [0.2, 0.25) is 5.95 Å². The largest absolute Gasteiger partial charge is 0.453 e. The van der Waals surface area contributed by atoms with Crippen LogP contribution in [0.4, 0.5) is 10.7 Å². The molecule has 176 valence electrons. The van der Waals surface area contributed by atoms with Crippen molar-refractivity contribution in [2.45, 2.75) is 9.79 Å². The number of anilines is 1. The van der Waals surface area contributed by atoms with Gasteiger partial charge >= 0.3 is 6.09 Å². The molecule has 1 aromatic heterocycles. The van der Waals surface area contributed by atoms with Crippen molar-refractivity contribution < 1.29 is 9.53 Å². The minimum absolute atomic E-state index is 0. The molecule has 2 aromatic carbocycles. The standard InChI is InChI=1S/C15H13N3O2S.C6H12Cl3N.ClH/c1-20-15(19)18-14-16-12-8-7-11(9-13(12)17-14)21-10-5-3-2-4-6-10;7-1-4-10(5-2-8)6-3-9;/h2-9H,1H3,(H2,16,17,18,19);1-6H2;1H. The van der Waals surface area contributed by atoms with Gasteiger partial charge in [0.1, 0.15) is 0 Å². The van der Waals surface area contributed by atoms with Crippen LogP contribution >= 0.6 is 59.0 Å². The molecule has 0 bridgehead atoms. The van der Waals surface area contributed by atoms with Gasteiger partial charge in [-0.05, 0) is 30.3 Å². The highest BCUT2D eigenvalue weighted by molar-refractivity contribution is 7.99. The summed E-state index contributed by atoms with van der Waals surface area (Å²) in [5, 5.41) is 2.52. The molecule has 0 atom stereocenters. The molecule has 32 heavy (non-hydrogen) atoms. The van der Waals surface area contributed by atoms with Crippen molar-refractivity contribution in [3.05, 3.63) is 48.5 Å². The van der Waals surface area contributed by atoms with Gasteiger partial charge in [0.05, 0.1) is 18.1 Å². The number of H-pyrrole nitrogens is 1.